The van der Waals surface area contributed by atoms with E-state index in [9.17, 15) is 0 Å². The van der Waals surface area contributed by atoms with E-state index in [2.05, 4.69) is 64.0 Å². The molecule has 0 atom stereocenters. The standard InChI is InChI=1S/C19H28N2OS/c1-18(2,3)12-8-13(15-11-23-16(10-20)21-15)17(22-7)14(9-12)19(4,5)6/h8-9,11H,10,20H2,1-7H3. The number of ether oxygens (including phenoxy) is 1. The van der Waals surface area contributed by atoms with Crippen LogP contribution in [0.3, 0.4) is 0 Å². The number of hydrogen-bond acceptors (Lipinski definition) is 4. The zero-order chi connectivity index (χ0) is 17.4. The van der Waals surface area contributed by atoms with E-state index in [0.29, 0.717) is 6.54 Å². The van der Waals surface area contributed by atoms with Gasteiger partial charge in [-0.25, -0.2) is 4.98 Å². The van der Waals surface area contributed by atoms with Gasteiger partial charge >= 0.3 is 0 Å². The Bertz CT molecular complexity index is 690. The highest BCUT2D eigenvalue weighted by atomic mass is 32.1. The average molecular weight is 333 g/mol. The summed E-state index contributed by atoms with van der Waals surface area (Å²) in [6.45, 7) is 13.8. The van der Waals surface area contributed by atoms with Crippen molar-refractivity contribution < 1.29 is 4.74 Å². The summed E-state index contributed by atoms with van der Waals surface area (Å²) in [7, 11) is 1.74. The quantitative estimate of drug-likeness (QED) is 0.872. The summed E-state index contributed by atoms with van der Waals surface area (Å²) in [5.74, 6) is 0.916. The van der Waals surface area contributed by atoms with Crippen LogP contribution in [0, 0.1) is 0 Å². The minimum absolute atomic E-state index is 0.00588. The number of aromatic nitrogens is 1. The van der Waals surface area contributed by atoms with E-state index in [1.54, 1.807) is 18.4 Å². The third kappa shape index (κ3) is 3.75. The van der Waals surface area contributed by atoms with Crippen LogP contribution in [-0.4, -0.2) is 12.1 Å². The molecule has 0 unspecified atom stereocenters. The smallest absolute Gasteiger partial charge is 0.132 e. The molecule has 126 valence electrons. The second kappa shape index (κ2) is 6.25. The molecule has 0 saturated carbocycles. The summed E-state index contributed by atoms with van der Waals surface area (Å²) in [5, 5.41) is 3.01. The van der Waals surface area contributed by atoms with Gasteiger partial charge in [0.05, 0.1) is 12.8 Å². The first kappa shape index (κ1) is 18.0. The molecule has 1 heterocycles. The Kier molecular flexibility index (Phi) is 4.88. The number of hydrogen-bond donors (Lipinski definition) is 1. The Hall–Kier alpha value is -1.39. The molecule has 0 amide bonds. The SMILES string of the molecule is COc1c(-c2csc(CN)n2)cc(C(C)(C)C)cc1C(C)(C)C. The van der Waals surface area contributed by atoms with Gasteiger partial charge < -0.3 is 10.5 Å². The highest BCUT2D eigenvalue weighted by molar-refractivity contribution is 7.09. The number of nitrogens with zero attached hydrogens (tertiary/aromatic N) is 1. The molecule has 1 aromatic heterocycles. The number of thiazole rings is 1. The van der Waals surface area contributed by atoms with E-state index in [4.69, 9.17) is 10.5 Å². The highest BCUT2D eigenvalue weighted by Gasteiger charge is 2.26. The highest BCUT2D eigenvalue weighted by Crippen LogP contribution is 2.42. The molecule has 0 aliphatic heterocycles. The molecule has 0 spiro atoms. The zero-order valence-corrected chi connectivity index (χ0v) is 16.1. The van der Waals surface area contributed by atoms with Gasteiger partial charge in [0, 0.05) is 23.1 Å². The lowest BCUT2D eigenvalue weighted by Crippen LogP contribution is -2.18. The Labute approximate surface area is 143 Å². The summed E-state index contributed by atoms with van der Waals surface area (Å²) in [4.78, 5) is 4.67. The van der Waals surface area contributed by atoms with Gasteiger partial charge in [0.25, 0.3) is 0 Å². The first-order chi connectivity index (χ1) is 10.6. The number of benzene rings is 1. The van der Waals surface area contributed by atoms with Crippen LogP contribution in [0.15, 0.2) is 17.5 Å². The van der Waals surface area contributed by atoms with Crippen molar-refractivity contribution in [1.82, 2.24) is 4.98 Å². The minimum Gasteiger partial charge on any atom is -0.496 e. The maximum absolute atomic E-state index is 5.80. The van der Waals surface area contributed by atoms with Gasteiger partial charge in [-0.15, -0.1) is 11.3 Å². The van der Waals surface area contributed by atoms with E-state index < -0.39 is 0 Å². The fourth-order valence-electron chi connectivity index (χ4n) is 2.56. The minimum atomic E-state index is -0.00588. The second-order valence-electron chi connectivity index (χ2n) is 7.94. The van der Waals surface area contributed by atoms with Gasteiger partial charge in [-0.1, -0.05) is 47.6 Å². The summed E-state index contributed by atoms with van der Waals surface area (Å²) < 4.78 is 5.80. The molecule has 1 aromatic carbocycles. The summed E-state index contributed by atoms with van der Waals surface area (Å²) >= 11 is 1.60. The Morgan fingerprint density at radius 3 is 2.17 bits per heavy atom. The van der Waals surface area contributed by atoms with Gasteiger partial charge in [-0.2, -0.15) is 0 Å². The second-order valence-corrected chi connectivity index (χ2v) is 8.88. The van der Waals surface area contributed by atoms with Crippen molar-refractivity contribution >= 4 is 11.3 Å². The monoisotopic (exact) mass is 332 g/mol. The molecule has 0 fully saturated rings. The Morgan fingerprint density at radius 2 is 1.74 bits per heavy atom. The molecule has 3 nitrogen and oxygen atoms in total. The fourth-order valence-corrected chi connectivity index (χ4v) is 3.23. The van der Waals surface area contributed by atoms with Crippen LogP contribution in [0.25, 0.3) is 11.3 Å². The maximum atomic E-state index is 5.80. The lowest BCUT2D eigenvalue weighted by atomic mass is 9.78. The number of methoxy groups -OCH3 is 1. The van der Waals surface area contributed by atoms with Crippen molar-refractivity contribution in [3.63, 3.8) is 0 Å². The number of rotatable bonds is 3. The molecule has 0 aliphatic rings. The van der Waals surface area contributed by atoms with Crippen molar-refractivity contribution in [3.05, 3.63) is 33.6 Å². The van der Waals surface area contributed by atoms with Gasteiger partial charge in [-0.05, 0) is 22.5 Å². The molecule has 0 radical (unpaired) electrons. The molecule has 2 aromatic rings. The topological polar surface area (TPSA) is 48.1 Å². The summed E-state index contributed by atoms with van der Waals surface area (Å²) in [6, 6.07) is 4.49. The molecule has 0 saturated heterocycles. The summed E-state index contributed by atoms with van der Waals surface area (Å²) in [6.07, 6.45) is 0. The number of nitrogens with two attached hydrogens (primary N) is 1. The Balaban J connectivity index is 2.77. The van der Waals surface area contributed by atoms with Crippen LogP contribution in [0.4, 0.5) is 0 Å². The molecule has 2 rings (SSSR count). The van der Waals surface area contributed by atoms with Gasteiger partial charge in [-0.3, -0.25) is 0 Å². The van der Waals surface area contributed by atoms with Crippen molar-refractivity contribution in [2.24, 2.45) is 5.73 Å². The predicted molar refractivity (Wildman–Crippen MR) is 99.4 cm³/mol. The average Bonchev–Trinajstić information content (AvgIpc) is 2.92. The van der Waals surface area contributed by atoms with E-state index >= 15 is 0 Å². The lowest BCUT2D eigenvalue weighted by molar-refractivity contribution is 0.398. The van der Waals surface area contributed by atoms with Gasteiger partial charge in [0.2, 0.25) is 0 Å². The van der Waals surface area contributed by atoms with Crippen LogP contribution < -0.4 is 10.5 Å². The third-order valence-electron chi connectivity index (χ3n) is 3.97. The zero-order valence-electron chi connectivity index (χ0n) is 15.3. The molecule has 4 heteroatoms. The van der Waals surface area contributed by atoms with Crippen LogP contribution in [0.1, 0.15) is 57.7 Å². The van der Waals surface area contributed by atoms with E-state index in [0.717, 1.165) is 22.0 Å². The van der Waals surface area contributed by atoms with E-state index in [1.807, 2.05) is 0 Å². The van der Waals surface area contributed by atoms with Crippen LogP contribution >= 0.6 is 11.3 Å². The molecule has 0 bridgehead atoms. The molecule has 2 N–H and O–H groups in total. The van der Waals surface area contributed by atoms with Crippen molar-refractivity contribution in [3.8, 4) is 17.0 Å². The van der Waals surface area contributed by atoms with E-state index in [-0.39, 0.29) is 10.8 Å². The normalized spacial score (nSPS) is 12.5. The van der Waals surface area contributed by atoms with Gasteiger partial charge in [0.15, 0.2) is 0 Å². The molecule has 23 heavy (non-hydrogen) atoms. The maximum Gasteiger partial charge on any atom is 0.132 e. The largest absolute Gasteiger partial charge is 0.496 e. The van der Waals surface area contributed by atoms with Crippen molar-refractivity contribution in [2.75, 3.05) is 7.11 Å². The fraction of sp³-hybridized carbons (Fsp3) is 0.526. The molecular formula is C19H28N2OS. The van der Waals surface area contributed by atoms with Gasteiger partial charge in [0.1, 0.15) is 10.8 Å². The third-order valence-corrected chi connectivity index (χ3v) is 4.84. The van der Waals surface area contributed by atoms with Crippen molar-refractivity contribution in [1.29, 1.82) is 0 Å². The predicted octanol–water partition coefficient (Wildman–Crippen LogP) is 4.87. The lowest BCUT2D eigenvalue weighted by Gasteiger charge is -2.28. The molecular weight excluding hydrogens is 304 g/mol. The van der Waals surface area contributed by atoms with Crippen molar-refractivity contribution in [2.45, 2.75) is 58.9 Å². The first-order valence-corrected chi connectivity index (χ1v) is 8.83. The van der Waals surface area contributed by atoms with E-state index in [1.165, 1.54) is 11.1 Å². The van der Waals surface area contributed by atoms with Crippen LogP contribution in [-0.2, 0) is 17.4 Å². The first-order valence-electron chi connectivity index (χ1n) is 7.95. The van der Waals surface area contributed by atoms with Crippen LogP contribution in [0.2, 0.25) is 0 Å². The Morgan fingerprint density at radius 1 is 1.09 bits per heavy atom. The molecule has 0 aliphatic carbocycles. The van der Waals surface area contributed by atoms with Crippen LogP contribution in [0.5, 0.6) is 5.75 Å². The summed E-state index contributed by atoms with van der Waals surface area (Å²) in [5.41, 5.74) is 10.3.